The summed E-state index contributed by atoms with van der Waals surface area (Å²) in [7, 11) is 1.76. The molecule has 0 spiro atoms. The summed E-state index contributed by atoms with van der Waals surface area (Å²) in [4.78, 5) is 7.21. The van der Waals surface area contributed by atoms with Crippen LogP contribution >= 0.6 is 11.3 Å². The van der Waals surface area contributed by atoms with Crippen LogP contribution in [-0.4, -0.2) is 36.8 Å². The Morgan fingerprint density at radius 3 is 2.52 bits per heavy atom. The lowest BCUT2D eigenvalue weighted by Gasteiger charge is -2.30. The number of hydrogen-bond donors (Lipinski definition) is 1. The van der Waals surface area contributed by atoms with E-state index in [4.69, 9.17) is 9.72 Å². The van der Waals surface area contributed by atoms with Crippen molar-refractivity contribution in [3.8, 4) is 0 Å². The van der Waals surface area contributed by atoms with E-state index in [0.29, 0.717) is 6.04 Å². The standard InChI is InChI=1S/C16H31N3OS/c1-7-14(8-2)19(9-10-20-6)15-18-13(12-21-15)11-17-16(3,4)5/h12,14,17H,7-11H2,1-6H3. The Kier molecular flexibility index (Phi) is 7.63. The number of nitrogens with one attached hydrogen (secondary N) is 1. The summed E-state index contributed by atoms with van der Waals surface area (Å²) in [5, 5.41) is 6.77. The van der Waals surface area contributed by atoms with Crippen LogP contribution < -0.4 is 10.2 Å². The molecule has 1 rings (SSSR count). The Labute approximate surface area is 133 Å². The second-order valence-electron chi connectivity index (χ2n) is 6.38. The minimum absolute atomic E-state index is 0.120. The van der Waals surface area contributed by atoms with Gasteiger partial charge < -0.3 is 15.0 Å². The van der Waals surface area contributed by atoms with Crippen molar-refractivity contribution in [2.45, 2.75) is 65.6 Å². The molecule has 122 valence electrons. The van der Waals surface area contributed by atoms with E-state index in [1.807, 2.05) is 0 Å². The zero-order chi connectivity index (χ0) is 15.9. The lowest BCUT2D eigenvalue weighted by molar-refractivity contribution is 0.202. The average Bonchev–Trinajstić information content (AvgIpc) is 2.89. The number of aromatic nitrogens is 1. The van der Waals surface area contributed by atoms with Gasteiger partial charge in [-0.1, -0.05) is 13.8 Å². The molecule has 0 aliphatic heterocycles. The number of anilines is 1. The van der Waals surface area contributed by atoms with Crippen LogP contribution in [0.1, 0.15) is 53.2 Å². The van der Waals surface area contributed by atoms with E-state index in [9.17, 15) is 0 Å². The van der Waals surface area contributed by atoms with E-state index >= 15 is 0 Å². The largest absolute Gasteiger partial charge is 0.383 e. The topological polar surface area (TPSA) is 37.4 Å². The zero-order valence-corrected chi connectivity index (χ0v) is 15.2. The fourth-order valence-electron chi connectivity index (χ4n) is 2.22. The van der Waals surface area contributed by atoms with E-state index in [-0.39, 0.29) is 5.54 Å². The predicted molar refractivity (Wildman–Crippen MR) is 92.3 cm³/mol. The minimum Gasteiger partial charge on any atom is -0.383 e. The van der Waals surface area contributed by atoms with Gasteiger partial charge in [-0.15, -0.1) is 11.3 Å². The lowest BCUT2D eigenvalue weighted by atomic mass is 10.1. The molecule has 0 fully saturated rings. The van der Waals surface area contributed by atoms with Gasteiger partial charge in [0.25, 0.3) is 0 Å². The summed E-state index contributed by atoms with van der Waals surface area (Å²) in [6, 6.07) is 0.537. The molecule has 0 amide bonds. The van der Waals surface area contributed by atoms with Crippen LogP contribution in [0, 0.1) is 0 Å². The Morgan fingerprint density at radius 2 is 2.00 bits per heavy atom. The molecule has 0 bridgehead atoms. The van der Waals surface area contributed by atoms with Crippen molar-refractivity contribution in [1.82, 2.24) is 10.3 Å². The summed E-state index contributed by atoms with van der Waals surface area (Å²) in [5.74, 6) is 0. The number of hydrogen-bond acceptors (Lipinski definition) is 5. The first kappa shape index (κ1) is 18.4. The molecule has 0 atom stereocenters. The van der Waals surface area contributed by atoms with Gasteiger partial charge >= 0.3 is 0 Å². The molecule has 0 saturated heterocycles. The van der Waals surface area contributed by atoms with Crippen LogP contribution in [0.2, 0.25) is 0 Å². The SMILES string of the molecule is CCC(CC)N(CCOC)c1nc(CNC(C)(C)C)cs1. The van der Waals surface area contributed by atoms with Gasteiger partial charge in [-0.25, -0.2) is 4.98 Å². The second kappa shape index (κ2) is 8.71. The van der Waals surface area contributed by atoms with Crippen LogP contribution in [0.15, 0.2) is 5.38 Å². The molecule has 1 aromatic heterocycles. The van der Waals surface area contributed by atoms with Gasteiger partial charge in [0.1, 0.15) is 0 Å². The quantitative estimate of drug-likeness (QED) is 0.755. The van der Waals surface area contributed by atoms with Crippen molar-refractivity contribution in [2.24, 2.45) is 0 Å². The molecule has 0 aliphatic carbocycles. The highest BCUT2D eigenvalue weighted by molar-refractivity contribution is 7.13. The fraction of sp³-hybridized carbons (Fsp3) is 0.812. The summed E-state index contributed by atoms with van der Waals surface area (Å²) in [6.07, 6.45) is 2.27. The third kappa shape index (κ3) is 6.32. The Balaban J connectivity index is 2.76. The van der Waals surface area contributed by atoms with Crippen molar-refractivity contribution in [2.75, 3.05) is 25.2 Å². The number of methoxy groups -OCH3 is 1. The van der Waals surface area contributed by atoms with Crippen LogP contribution in [0.4, 0.5) is 5.13 Å². The van der Waals surface area contributed by atoms with E-state index < -0.39 is 0 Å². The van der Waals surface area contributed by atoms with Crippen LogP contribution in [-0.2, 0) is 11.3 Å². The maximum absolute atomic E-state index is 5.25. The van der Waals surface area contributed by atoms with Crippen molar-refractivity contribution in [3.05, 3.63) is 11.1 Å². The molecule has 1 N–H and O–H groups in total. The van der Waals surface area contributed by atoms with Crippen molar-refractivity contribution in [1.29, 1.82) is 0 Å². The molecule has 4 nitrogen and oxygen atoms in total. The molecular weight excluding hydrogens is 282 g/mol. The smallest absolute Gasteiger partial charge is 0.185 e. The Hall–Kier alpha value is -0.650. The van der Waals surface area contributed by atoms with Crippen molar-refractivity contribution >= 4 is 16.5 Å². The first-order valence-corrected chi connectivity index (χ1v) is 8.74. The summed E-state index contributed by atoms with van der Waals surface area (Å²) in [6.45, 7) is 13.5. The third-order valence-corrected chi connectivity index (χ3v) is 4.43. The van der Waals surface area contributed by atoms with Gasteiger partial charge in [-0.2, -0.15) is 0 Å². The van der Waals surface area contributed by atoms with Crippen molar-refractivity contribution in [3.63, 3.8) is 0 Å². The van der Waals surface area contributed by atoms with Gasteiger partial charge in [0.15, 0.2) is 5.13 Å². The monoisotopic (exact) mass is 313 g/mol. The molecule has 0 aromatic carbocycles. The highest BCUT2D eigenvalue weighted by atomic mass is 32.1. The Morgan fingerprint density at radius 1 is 1.33 bits per heavy atom. The molecule has 0 unspecified atom stereocenters. The zero-order valence-electron chi connectivity index (χ0n) is 14.4. The van der Waals surface area contributed by atoms with Crippen LogP contribution in [0.25, 0.3) is 0 Å². The van der Waals surface area contributed by atoms with Gasteiger partial charge in [0.05, 0.1) is 12.3 Å². The molecule has 0 radical (unpaired) electrons. The highest BCUT2D eigenvalue weighted by Crippen LogP contribution is 2.25. The van der Waals surface area contributed by atoms with E-state index in [2.05, 4.69) is 50.2 Å². The maximum atomic E-state index is 5.25. The number of ether oxygens (including phenoxy) is 1. The average molecular weight is 314 g/mol. The van der Waals surface area contributed by atoms with Gasteiger partial charge in [0.2, 0.25) is 0 Å². The Bertz CT molecular complexity index is 396. The molecule has 5 heteroatoms. The van der Waals surface area contributed by atoms with Crippen molar-refractivity contribution < 1.29 is 4.74 Å². The van der Waals surface area contributed by atoms with E-state index in [1.54, 1.807) is 18.4 Å². The maximum Gasteiger partial charge on any atom is 0.185 e. The summed E-state index contributed by atoms with van der Waals surface area (Å²) < 4.78 is 5.25. The fourth-order valence-corrected chi connectivity index (χ4v) is 3.14. The van der Waals surface area contributed by atoms with Gasteiger partial charge in [-0.3, -0.25) is 0 Å². The highest BCUT2D eigenvalue weighted by Gasteiger charge is 2.19. The number of nitrogens with zero attached hydrogens (tertiary/aromatic N) is 2. The van der Waals surface area contributed by atoms with E-state index in [1.165, 1.54) is 0 Å². The molecule has 1 heterocycles. The predicted octanol–water partition coefficient (Wildman–Crippen LogP) is 3.67. The number of rotatable bonds is 9. The molecule has 0 saturated carbocycles. The summed E-state index contributed by atoms with van der Waals surface area (Å²) in [5.41, 5.74) is 1.24. The second-order valence-corrected chi connectivity index (χ2v) is 7.22. The van der Waals surface area contributed by atoms with E-state index in [0.717, 1.165) is 43.4 Å². The first-order valence-electron chi connectivity index (χ1n) is 7.86. The van der Waals surface area contributed by atoms with Gasteiger partial charge in [0, 0.05) is 37.2 Å². The number of thiazole rings is 1. The van der Waals surface area contributed by atoms with Crippen LogP contribution in [0.5, 0.6) is 0 Å². The van der Waals surface area contributed by atoms with Crippen LogP contribution in [0.3, 0.4) is 0 Å². The molecular formula is C16H31N3OS. The third-order valence-electron chi connectivity index (χ3n) is 3.50. The first-order chi connectivity index (χ1) is 9.91. The molecule has 0 aliphatic rings. The minimum atomic E-state index is 0.120. The lowest BCUT2D eigenvalue weighted by Crippen LogP contribution is -2.37. The normalized spacial score (nSPS) is 12.1. The molecule has 21 heavy (non-hydrogen) atoms. The van der Waals surface area contributed by atoms with Gasteiger partial charge in [-0.05, 0) is 33.6 Å². The summed E-state index contributed by atoms with van der Waals surface area (Å²) >= 11 is 1.74. The molecule has 1 aromatic rings.